The molecule has 2 aromatic carbocycles. The number of amides is 1. The quantitative estimate of drug-likeness (QED) is 0.565. The first kappa shape index (κ1) is 19.0. The van der Waals surface area contributed by atoms with Crippen molar-refractivity contribution in [3.63, 3.8) is 0 Å². The van der Waals surface area contributed by atoms with Crippen LogP contribution in [-0.2, 0) is 4.79 Å². The molecule has 1 unspecified atom stereocenters. The minimum absolute atomic E-state index is 0.332. The number of hydrogen-bond acceptors (Lipinski definition) is 5. The molecular weight excluding hydrogens is 419 g/mol. The average molecular weight is 432 g/mol. The lowest BCUT2D eigenvalue weighted by atomic mass is 10.3. The summed E-state index contributed by atoms with van der Waals surface area (Å²) in [6.45, 7) is 1.62. The topological polar surface area (TPSA) is 60.5 Å². The zero-order valence-electron chi connectivity index (χ0n) is 13.7. The fraction of sp³-hybridized carbons (Fsp3) is 0.176. The van der Waals surface area contributed by atoms with Gasteiger partial charge in [0.1, 0.15) is 11.5 Å². The second kappa shape index (κ2) is 7.88. The van der Waals surface area contributed by atoms with Crippen molar-refractivity contribution >= 4 is 67.4 Å². The number of benzene rings is 2. The van der Waals surface area contributed by atoms with E-state index in [9.17, 15) is 4.79 Å². The van der Waals surface area contributed by atoms with Crippen LogP contribution < -0.4 is 14.8 Å². The average Bonchev–Trinajstić information content (AvgIpc) is 2.97. The van der Waals surface area contributed by atoms with Crippen LogP contribution in [0.4, 0.5) is 5.13 Å². The Balaban J connectivity index is 1.73. The minimum Gasteiger partial charge on any atom is -0.495 e. The van der Waals surface area contributed by atoms with Crippen molar-refractivity contribution < 1.29 is 14.3 Å². The summed E-state index contributed by atoms with van der Waals surface area (Å²) in [6.07, 6.45) is -0.779. The first-order valence-corrected chi connectivity index (χ1v) is 9.39. The maximum absolute atomic E-state index is 12.4. The van der Waals surface area contributed by atoms with Crippen molar-refractivity contribution in [2.45, 2.75) is 13.0 Å². The maximum Gasteiger partial charge on any atom is 0.266 e. The fourth-order valence-electron chi connectivity index (χ4n) is 2.16. The number of nitrogens with zero attached hydrogens (tertiary/aromatic N) is 1. The van der Waals surface area contributed by atoms with E-state index in [1.165, 1.54) is 18.4 Å². The number of nitrogens with one attached hydrogen (secondary N) is 1. The summed E-state index contributed by atoms with van der Waals surface area (Å²) in [7, 11) is 1.54. The van der Waals surface area contributed by atoms with E-state index >= 15 is 0 Å². The van der Waals surface area contributed by atoms with Crippen molar-refractivity contribution in [3.05, 3.63) is 45.4 Å². The highest BCUT2D eigenvalue weighted by molar-refractivity contribution is 7.22. The molecule has 0 aliphatic carbocycles. The van der Waals surface area contributed by atoms with Crippen molar-refractivity contribution in [1.82, 2.24) is 4.98 Å². The largest absolute Gasteiger partial charge is 0.495 e. The molecule has 5 nitrogen and oxygen atoms in total. The van der Waals surface area contributed by atoms with Crippen LogP contribution in [0.5, 0.6) is 11.5 Å². The molecule has 1 aromatic heterocycles. The van der Waals surface area contributed by atoms with Gasteiger partial charge in [-0.15, -0.1) is 0 Å². The molecule has 0 saturated carbocycles. The van der Waals surface area contributed by atoms with Crippen LogP contribution in [0.3, 0.4) is 0 Å². The number of rotatable bonds is 5. The zero-order chi connectivity index (χ0) is 18.8. The number of halogens is 3. The van der Waals surface area contributed by atoms with Crippen LogP contribution >= 0.6 is 46.1 Å². The van der Waals surface area contributed by atoms with Crippen LogP contribution in [-0.4, -0.2) is 24.1 Å². The highest BCUT2D eigenvalue weighted by Gasteiger charge is 2.18. The molecule has 136 valence electrons. The van der Waals surface area contributed by atoms with Crippen molar-refractivity contribution in [2.75, 3.05) is 12.4 Å². The Kier molecular flexibility index (Phi) is 5.77. The van der Waals surface area contributed by atoms with Gasteiger partial charge in [-0.2, -0.15) is 0 Å². The Morgan fingerprint density at radius 1 is 1.15 bits per heavy atom. The molecule has 0 bridgehead atoms. The van der Waals surface area contributed by atoms with E-state index in [0.29, 0.717) is 37.2 Å². The standard InChI is InChI=1S/C17H13Cl3N2O3S/c1-8(25-13-4-3-9(18)5-10(13)19)16(23)22-17-21-12-6-11(20)14(24-2)7-15(12)26-17/h3-8H,1-2H3,(H,21,22,23). The van der Waals surface area contributed by atoms with Gasteiger partial charge < -0.3 is 9.47 Å². The Hall–Kier alpha value is -1.73. The molecule has 3 aromatic rings. The molecule has 26 heavy (non-hydrogen) atoms. The molecule has 0 fully saturated rings. The molecule has 9 heteroatoms. The van der Waals surface area contributed by atoms with Crippen LogP contribution in [0.2, 0.25) is 15.1 Å². The van der Waals surface area contributed by atoms with Crippen LogP contribution in [0, 0.1) is 0 Å². The second-order valence-electron chi connectivity index (χ2n) is 5.30. The van der Waals surface area contributed by atoms with Crippen molar-refractivity contribution in [2.24, 2.45) is 0 Å². The smallest absolute Gasteiger partial charge is 0.266 e. The molecule has 0 aliphatic heterocycles. The van der Waals surface area contributed by atoms with Gasteiger partial charge in [0.05, 0.1) is 27.4 Å². The summed E-state index contributed by atoms with van der Waals surface area (Å²) in [6, 6.07) is 8.26. The Morgan fingerprint density at radius 3 is 2.58 bits per heavy atom. The monoisotopic (exact) mass is 430 g/mol. The third kappa shape index (κ3) is 4.15. The third-order valence-electron chi connectivity index (χ3n) is 3.46. The molecule has 0 radical (unpaired) electrons. The number of methoxy groups -OCH3 is 1. The summed E-state index contributed by atoms with van der Waals surface area (Å²) in [4.78, 5) is 16.7. The van der Waals surface area contributed by atoms with Gasteiger partial charge in [-0.05, 0) is 31.2 Å². The molecular formula is C17H13Cl3N2O3S. The summed E-state index contributed by atoms with van der Waals surface area (Å²) < 4.78 is 11.6. The van der Waals surface area contributed by atoms with Crippen molar-refractivity contribution in [1.29, 1.82) is 0 Å². The molecule has 1 heterocycles. The first-order valence-electron chi connectivity index (χ1n) is 7.44. The van der Waals surface area contributed by atoms with Gasteiger partial charge in [-0.25, -0.2) is 4.98 Å². The number of carbonyl (C=O) groups excluding carboxylic acids is 1. The molecule has 3 rings (SSSR count). The molecule has 0 saturated heterocycles. The van der Waals surface area contributed by atoms with Gasteiger partial charge in [0.15, 0.2) is 11.2 Å². The lowest BCUT2D eigenvalue weighted by molar-refractivity contribution is -0.122. The number of fused-ring (bicyclic) bond motifs is 1. The van der Waals surface area contributed by atoms with Crippen molar-refractivity contribution in [3.8, 4) is 11.5 Å². The summed E-state index contributed by atoms with van der Waals surface area (Å²) in [5.41, 5.74) is 0.672. The van der Waals surface area contributed by atoms with E-state index in [1.807, 2.05) is 0 Å². The van der Waals surface area contributed by atoms with E-state index in [4.69, 9.17) is 44.3 Å². The molecule has 1 amide bonds. The number of hydrogen-bond donors (Lipinski definition) is 1. The summed E-state index contributed by atoms with van der Waals surface area (Å²) in [5, 5.41) is 4.44. The molecule has 0 aliphatic rings. The molecule has 1 N–H and O–H groups in total. The lowest BCUT2D eigenvalue weighted by Crippen LogP contribution is -2.30. The predicted octanol–water partition coefficient (Wildman–Crippen LogP) is 5.67. The number of thiazole rings is 1. The molecule has 0 spiro atoms. The fourth-order valence-corrected chi connectivity index (χ4v) is 3.73. The third-order valence-corrected chi connectivity index (χ3v) is 5.22. The number of aromatic nitrogens is 1. The zero-order valence-corrected chi connectivity index (χ0v) is 16.8. The van der Waals surface area contributed by atoms with Gasteiger partial charge in [-0.1, -0.05) is 46.1 Å². The highest BCUT2D eigenvalue weighted by atomic mass is 35.5. The van der Waals surface area contributed by atoms with Crippen LogP contribution in [0.25, 0.3) is 10.2 Å². The first-order chi connectivity index (χ1) is 12.4. The Bertz CT molecular complexity index is 977. The number of anilines is 1. The summed E-state index contributed by atoms with van der Waals surface area (Å²) >= 11 is 19.3. The van der Waals surface area contributed by atoms with E-state index in [-0.39, 0.29) is 5.91 Å². The van der Waals surface area contributed by atoms with Crippen LogP contribution in [0.1, 0.15) is 6.92 Å². The normalized spacial score (nSPS) is 12.0. The minimum atomic E-state index is -0.779. The van der Waals surface area contributed by atoms with Gasteiger partial charge in [0, 0.05) is 11.1 Å². The van der Waals surface area contributed by atoms with E-state index in [2.05, 4.69) is 10.3 Å². The summed E-state index contributed by atoms with van der Waals surface area (Å²) in [5.74, 6) is 0.572. The second-order valence-corrected chi connectivity index (χ2v) is 7.58. The van der Waals surface area contributed by atoms with Gasteiger partial charge in [0.25, 0.3) is 5.91 Å². The Labute approximate surface area is 168 Å². The lowest BCUT2D eigenvalue weighted by Gasteiger charge is -2.14. The van der Waals surface area contributed by atoms with E-state index in [1.54, 1.807) is 37.3 Å². The predicted molar refractivity (Wildman–Crippen MR) is 106 cm³/mol. The number of ether oxygens (including phenoxy) is 2. The van der Waals surface area contributed by atoms with Gasteiger partial charge >= 0.3 is 0 Å². The van der Waals surface area contributed by atoms with Crippen LogP contribution in [0.15, 0.2) is 30.3 Å². The van der Waals surface area contributed by atoms with E-state index in [0.717, 1.165) is 4.70 Å². The van der Waals surface area contributed by atoms with Gasteiger partial charge in [-0.3, -0.25) is 10.1 Å². The molecule has 1 atom stereocenters. The number of carbonyl (C=O) groups is 1. The van der Waals surface area contributed by atoms with Gasteiger partial charge in [0.2, 0.25) is 0 Å². The Morgan fingerprint density at radius 2 is 1.88 bits per heavy atom. The van der Waals surface area contributed by atoms with E-state index < -0.39 is 6.10 Å². The maximum atomic E-state index is 12.4. The highest BCUT2D eigenvalue weighted by Crippen LogP contribution is 2.34. The SMILES string of the molecule is COc1cc2sc(NC(=O)C(C)Oc3ccc(Cl)cc3Cl)nc2cc1Cl.